The van der Waals surface area contributed by atoms with Crippen LogP contribution in [0.2, 0.25) is 0 Å². The Labute approximate surface area is 199 Å². The highest BCUT2D eigenvalue weighted by Crippen LogP contribution is 2.61. The Morgan fingerprint density at radius 1 is 1.12 bits per heavy atom. The Kier molecular flexibility index (Phi) is 4.79. The minimum absolute atomic E-state index is 0.00864. The number of rotatable bonds is 4. The molecule has 1 aromatic heterocycles. The van der Waals surface area contributed by atoms with Crippen molar-refractivity contribution >= 4 is 34.8 Å². The molecule has 0 radical (unpaired) electrons. The maximum absolute atomic E-state index is 14.2. The molecule has 3 aromatic rings. The number of nitro groups is 1. The van der Waals surface area contributed by atoms with Gasteiger partial charge in [0.05, 0.1) is 10.8 Å². The van der Waals surface area contributed by atoms with Crippen molar-refractivity contribution in [1.82, 2.24) is 9.88 Å². The molecular weight excluding hydrogens is 452 g/mol. The number of carbonyl (C=O) groups is 2. The highest BCUT2D eigenvalue weighted by molar-refractivity contribution is 7.99. The van der Waals surface area contributed by atoms with Crippen LogP contribution >= 0.6 is 11.8 Å². The molecule has 2 fully saturated rings. The predicted octanol–water partition coefficient (Wildman–Crippen LogP) is 3.81. The Hall–Kier alpha value is -3.56. The van der Waals surface area contributed by atoms with E-state index in [1.165, 1.54) is 12.1 Å². The predicted molar refractivity (Wildman–Crippen MR) is 128 cm³/mol. The molecule has 34 heavy (non-hydrogen) atoms. The van der Waals surface area contributed by atoms with Crippen molar-refractivity contribution in [3.63, 3.8) is 0 Å². The van der Waals surface area contributed by atoms with Crippen molar-refractivity contribution in [3.8, 4) is 0 Å². The molecule has 2 saturated heterocycles. The lowest BCUT2D eigenvalue weighted by atomic mass is 9.70. The summed E-state index contributed by atoms with van der Waals surface area (Å²) >= 11 is 1.73. The standard InChI is InChI=1S/C25H20N4O4S/c30-23(19-7-3-4-12-26-19)22-21(15-8-10-16(11-9-15)29(32)33)20-13-34-14-28(20)25(22)17-5-1-2-6-18(17)27-24(25)31/h1-12,20-22H,13-14H2,(H,27,31)/t20-,21+,22+,25-/m1/s1. The molecule has 0 saturated carbocycles. The summed E-state index contributed by atoms with van der Waals surface area (Å²) in [7, 11) is 0. The lowest BCUT2D eigenvalue weighted by molar-refractivity contribution is -0.384. The van der Waals surface area contributed by atoms with Gasteiger partial charge in [0.15, 0.2) is 5.78 Å². The molecule has 2 aromatic carbocycles. The van der Waals surface area contributed by atoms with Gasteiger partial charge < -0.3 is 5.32 Å². The monoisotopic (exact) mass is 472 g/mol. The van der Waals surface area contributed by atoms with Gasteiger partial charge in [-0.25, -0.2) is 0 Å². The summed E-state index contributed by atoms with van der Waals surface area (Å²) in [6, 6.07) is 19.0. The number of nitrogens with zero attached hydrogens (tertiary/aromatic N) is 3. The summed E-state index contributed by atoms with van der Waals surface area (Å²) < 4.78 is 0. The fourth-order valence-electron chi connectivity index (χ4n) is 5.89. The van der Waals surface area contributed by atoms with Crippen molar-refractivity contribution < 1.29 is 14.5 Å². The van der Waals surface area contributed by atoms with Crippen molar-refractivity contribution in [1.29, 1.82) is 0 Å². The molecule has 1 amide bonds. The SMILES string of the molecule is O=C(c1ccccn1)[C@@H]1[C@@H](c2ccc([N+](=O)[O-])cc2)[C@H]2CSCN2[C@@]12C(=O)Nc1ccccc12. The zero-order valence-corrected chi connectivity index (χ0v) is 18.8. The van der Waals surface area contributed by atoms with Crippen LogP contribution in [0.25, 0.3) is 0 Å². The van der Waals surface area contributed by atoms with Crippen molar-refractivity contribution in [3.05, 3.63) is 99.9 Å². The van der Waals surface area contributed by atoms with E-state index >= 15 is 0 Å². The summed E-state index contributed by atoms with van der Waals surface area (Å²) in [6.07, 6.45) is 1.58. The molecule has 0 unspecified atom stereocenters. The van der Waals surface area contributed by atoms with E-state index in [2.05, 4.69) is 15.2 Å². The molecule has 0 aliphatic carbocycles. The topological polar surface area (TPSA) is 105 Å². The minimum atomic E-state index is -1.17. The van der Waals surface area contributed by atoms with E-state index in [9.17, 15) is 19.7 Å². The number of ketones is 1. The second-order valence-corrected chi connectivity index (χ2v) is 9.73. The van der Waals surface area contributed by atoms with Gasteiger partial charge in [0.1, 0.15) is 11.2 Å². The molecule has 8 nitrogen and oxygen atoms in total. The zero-order chi connectivity index (χ0) is 23.4. The van der Waals surface area contributed by atoms with Crippen LogP contribution in [0.1, 0.15) is 27.5 Å². The van der Waals surface area contributed by atoms with Gasteiger partial charge >= 0.3 is 0 Å². The van der Waals surface area contributed by atoms with Crippen LogP contribution in [-0.2, 0) is 10.3 Å². The highest BCUT2D eigenvalue weighted by atomic mass is 32.2. The number of amides is 1. The lowest BCUT2D eigenvalue weighted by Gasteiger charge is -2.36. The molecule has 3 aliphatic heterocycles. The van der Waals surface area contributed by atoms with Crippen molar-refractivity contribution in [2.45, 2.75) is 17.5 Å². The lowest BCUT2D eigenvalue weighted by Crippen LogP contribution is -2.52. The first-order valence-electron chi connectivity index (χ1n) is 11.0. The van der Waals surface area contributed by atoms with E-state index in [0.29, 0.717) is 17.3 Å². The number of anilines is 1. The molecule has 170 valence electrons. The van der Waals surface area contributed by atoms with Gasteiger partial charge in [-0.05, 0) is 23.8 Å². The number of Topliss-reactive ketones (excluding diaryl/α,β-unsaturated/α-hetero) is 1. The fraction of sp³-hybridized carbons (Fsp3) is 0.240. The normalized spacial score (nSPS) is 27.4. The van der Waals surface area contributed by atoms with Gasteiger partial charge in [-0.1, -0.05) is 36.4 Å². The third-order valence-electron chi connectivity index (χ3n) is 7.22. The van der Waals surface area contributed by atoms with Crippen LogP contribution in [0.4, 0.5) is 11.4 Å². The Morgan fingerprint density at radius 3 is 2.62 bits per heavy atom. The van der Waals surface area contributed by atoms with Crippen LogP contribution in [0.5, 0.6) is 0 Å². The van der Waals surface area contributed by atoms with E-state index in [-0.39, 0.29) is 29.3 Å². The number of nitro benzene ring substituents is 1. The highest BCUT2D eigenvalue weighted by Gasteiger charge is 2.69. The molecule has 1 N–H and O–H groups in total. The smallest absolute Gasteiger partial charge is 0.269 e. The van der Waals surface area contributed by atoms with Gasteiger partial charge in [-0.2, -0.15) is 0 Å². The van der Waals surface area contributed by atoms with E-state index in [4.69, 9.17) is 0 Å². The summed E-state index contributed by atoms with van der Waals surface area (Å²) in [5.41, 5.74) is 1.45. The Morgan fingerprint density at radius 2 is 1.88 bits per heavy atom. The van der Waals surface area contributed by atoms with E-state index in [0.717, 1.165) is 16.9 Å². The quantitative estimate of drug-likeness (QED) is 0.350. The Bertz CT molecular complexity index is 1320. The Balaban J connectivity index is 1.59. The van der Waals surface area contributed by atoms with E-state index < -0.39 is 16.4 Å². The third kappa shape index (κ3) is 2.80. The maximum Gasteiger partial charge on any atom is 0.269 e. The van der Waals surface area contributed by atoms with Crippen LogP contribution in [0, 0.1) is 16.0 Å². The average Bonchev–Trinajstić information content (AvgIpc) is 3.52. The van der Waals surface area contributed by atoms with E-state index in [1.807, 2.05) is 24.3 Å². The summed E-state index contributed by atoms with van der Waals surface area (Å²) in [5.74, 6) is -0.108. The molecule has 9 heteroatoms. The molecule has 4 atom stereocenters. The number of thioether (sulfide) groups is 1. The van der Waals surface area contributed by atoms with Crippen molar-refractivity contribution in [2.75, 3.05) is 16.9 Å². The number of carbonyl (C=O) groups excluding carboxylic acids is 2. The fourth-order valence-corrected chi connectivity index (χ4v) is 7.22. The summed E-state index contributed by atoms with van der Waals surface area (Å²) in [5, 5.41) is 14.3. The number of non-ortho nitro benzene ring substituents is 1. The first-order chi connectivity index (χ1) is 16.5. The average molecular weight is 473 g/mol. The minimum Gasteiger partial charge on any atom is -0.324 e. The summed E-state index contributed by atoms with van der Waals surface area (Å²) in [6.45, 7) is 0. The molecule has 3 aliphatic rings. The summed E-state index contributed by atoms with van der Waals surface area (Å²) in [4.78, 5) is 45.3. The molecular formula is C25H20N4O4S. The zero-order valence-electron chi connectivity index (χ0n) is 18.0. The van der Waals surface area contributed by atoms with E-state index in [1.54, 1.807) is 48.3 Å². The first kappa shape index (κ1) is 21.0. The second kappa shape index (κ2) is 7.75. The first-order valence-corrected chi connectivity index (χ1v) is 12.1. The number of aromatic nitrogens is 1. The number of para-hydroxylation sites is 1. The largest absolute Gasteiger partial charge is 0.324 e. The molecule has 1 spiro atoms. The van der Waals surface area contributed by atoms with Crippen molar-refractivity contribution in [2.24, 2.45) is 5.92 Å². The van der Waals surface area contributed by atoms with Gasteiger partial charge in [0, 0.05) is 53.2 Å². The number of hydrogen-bond acceptors (Lipinski definition) is 7. The second-order valence-electron chi connectivity index (χ2n) is 8.73. The third-order valence-corrected chi connectivity index (χ3v) is 8.25. The molecule has 4 heterocycles. The number of pyridine rings is 1. The number of fused-ring (bicyclic) bond motifs is 4. The van der Waals surface area contributed by atoms with Gasteiger partial charge in [-0.15, -0.1) is 11.8 Å². The maximum atomic E-state index is 14.2. The van der Waals surface area contributed by atoms with Crippen LogP contribution < -0.4 is 5.32 Å². The number of benzene rings is 2. The number of nitrogens with one attached hydrogen (secondary N) is 1. The van der Waals surface area contributed by atoms with Gasteiger partial charge in [-0.3, -0.25) is 29.6 Å². The van der Waals surface area contributed by atoms with Gasteiger partial charge in [0.25, 0.3) is 5.69 Å². The number of hydrogen-bond donors (Lipinski definition) is 1. The van der Waals surface area contributed by atoms with Crippen LogP contribution in [0.15, 0.2) is 72.9 Å². The molecule has 0 bridgehead atoms. The van der Waals surface area contributed by atoms with Crippen LogP contribution in [0.3, 0.4) is 0 Å². The molecule has 6 rings (SSSR count). The van der Waals surface area contributed by atoms with Crippen LogP contribution in [-0.4, -0.2) is 44.2 Å². The van der Waals surface area contributed by atoms with Gasteiger partial charge in [0.2, 0.25) is 5.91 Å².